The highest BCUT2D eigenvalue weighted by Gasteiger charge is 2.17. The van der Waals surface area contributed by atoms with Crippen molar-refractivity contribution < 1.29 is 18.0 Å². The second kappa shape index (κ2) is 6.39. The molecule has 0 saturated carbocycles. The number of pyridine rings is 1. The van der Waals surface area contributed by atoms with Crippen LogP contribution in [0, 0.1) is 17.6 Å². The van der Waals surface area contributed by atoms with Crippen LogP contribution in [0.3, 0.4) is 0 Å². The number of carbonyl (C=O) groups excluding carboxylic acids is 1. The Labute approximate surface area is 119 Å². The van der Waals surface area contributed by atoms with Crippen molar-refractivity contribution in [3.05, 3.63) is 65.2 Å². The van der Waals surface area contributed by atoms with Crippen LogP contribution in [0.15, 0.2) is 36.5 Å². The lowest BCUT2D eigenvalue weighted by molar-refractivity contribution is 0.0934. The number of benzene rings is 1. The van der Waals surface area contributed by atoms with Gasteiger partial charge < -0.3 is 5.32 Å². The third-order valence-electron chi connectivity index (χ3n) is 2.95. The molecule has 1 aromatic carbocycles. The number of nitrogens with zero attached hydrogens (tertiary/aromatic N) is 1. The van der Waals surface area contributed by atoms with E-state index in [0.29, 0.717) is 0 Å². The summed E-state index contributed by atoms with van der Waals surface area (Å²) in [5.41, 5.74) is -0.324. The van der Waals surface area contributed by atoms with Gasteiger partial charge in [-0.3, -0.25) is 4.79 Å². The van der Waals surface area contributed by atoms with E-state index in [-0.39, 0.29) is 17.5 Å². The molecule has 0 spiro atoms. The van der Waals surface area contributed by atoms with E-state index < -0.39 is 29.5 Å². The van der Waals surface area contributed by atoms with Crippen molar-refractivity contribution in [1.82, 2.24) is 10.3 Å². The first-order valence-corrected chi connectivity index (χ1v) is 6.33. The van der Waals surface area contributed by atoms with Gasteiger partial charge in [0.05, 0.1) is 5.56 Å². The van der Waals surface area contributed by atoms with Crippen LogP contribution in [-0.4, -0.2) is 16.9 Å². The SMILES string of the molecule is CC(Cc1c(F)cccc1F)NC(=O)c1cccnc1F. The molecule has 1 amide bonds. The second-order valence-electron chi connectivity index (χ2n) is 4.62. The Bertz CT molecular complexity index is 641. The van der Waals surface area contributed by atoms with E-state index >= 15 is 0 Å². The fraction of sp³-hybridized carbons (Fsp3) is 0.200. The van der Waals surface area contributed by atoms with Crippen molar-refractivity contribution in [1.29, 1.82) is 0 Å². The van der Waals surface area contributed by atoms with Gasteiger partial charge in [-0.2, -0.15) is 4.39 Å². The molecule has 0 aliphatic rings. The average Bonchev–Trinajstić information content (AvgIpc) is 2.43. The maximum atomic E-state index is 13.5. The molecule has 0 aliphatic heterocycles. The highest BCUT2D eigenvalue weighted by molar-refractivity contribution is 5.94. The zero-order chi connectivity index (χ0) is 15.4. The van der Waals surface area contributed by atoms with Crippen molar-refractivity contribution in [2.45, 2.75) is 19.4 Å². The van der Waals surface area contributed by atoms with E-state index in [1.54, 1.807) is 6.92 Å². The van der Waals surface area contributed by atoms with E-state index in [1.165, 1.54) is 24.4 Å². The summed E-state index contributed by atoms with van der Waals surface area (Å²) in [6, 6.07) is 5.71. The topological polar surface area (TPSA) is 42.0 Å². The van der Waals surface area contributed by atoms with Gasteiger partial charge >= 0.3 is 0 Å². The van der Waals surface area contributed by atoms with E-state index in [0.717, 1.165) is 12.1 Å². The maximum absolute atomic E-state index is 13.5. The van der Waals surface area contributed by atoms with Crippen LogP contribution < -0.4 is 5.32 Å². The first-order chi connectivity index (χ1) is 9.99. The van der Waals surface area contributed by atoms with Crippen LogP contribution in [0.4, 0.5) is 13.2 Å². The van der Waals surface area contributed by atoms with E-state index in [4.69, 9.17) is 0 Å². The van der Waals surface area contributed by atoms with E-state index in [1.807, 2.05) is 0 Å². The summed E-state index contributed by atoms with van der Waals surface area (Å²) >= 11 is 0. The Balaban J connectivity index is 2.07. The molecular weight excluding hydrogens is 281 g/mol. The standard InChI is InChI=1S/C15H13F3N2O/c1-9(8-11-12(16)5-2-6-13(11)17)20-15(21)10-4-3-7-19-14(10)18/h2-7,9H,8H2,1H3,(H,20,21). The summed E-state index contributed by atoms with van der Waals surface area (Å²) in [6.45, 7) is 1.58. The Morgan fingerprint density at radius 2 is 1.86 bits per heavy atom. The highest BCUT2D eigenvalue weighted by atomic mass is 19.1. The van der Waals surface area contributed by atoms with Gasteiger partial charge in [0.2, 0.25) is 5.95 Å². The number of hydrogen-bond acceptors (Lipinski definition) is 2. The van der Waals surface area contributed by atoms with Gasteiger partial charge in [0, 0.05) is 17.8 Å². The largest absolute Gasteiger partial charge is 0.349 e. The Morgan fingerprint density at radius 3 is 2.48 bits per heavy atom. The molecule has 2 rings (SSSR count). The molecule has 6 heteroatoms. The van der Waals surface area contributed by atoms with Gasteiger partial charge in [0.1, 0.15) is 11.6 Å². The van der Waals surface area contributed by atoms with Crippen LogP contribution in [0.25, 0.3) is 0 Å². The number of nitrogens with one attached hydrogen (secondary N) is 1. The molecule has 0 saturated heterocycles. The summed E-state index contributed by atoms with van der Waals surface area (Å²) in [5, 5.41) is 2.49. The maximum Gasteiger partial charge on any atom is 0.256 e. The zero-order valence-corrected chi connectivity index (χ0v) is 11.2. The average molecular weight is 294 g/mol. The molecule has 0 fully saturated rings. The molecule has 1 unspecified atom stereocenters. The van der Waals surface area contributed by atoms with Gasteiger partial charge in [-0.1, -0.05) is 6.07 Å². The van der Waals surface area contributed by atoms with Gasteiger partial charge in [-0.05, 0) is 37.6 Å². The van der Waals surface area contributed by atoms with Gasteiger partial charge in [-0.15, -0.1) is 0 Å². The second-order valence-corrected chi connectivity index (χ2v) is 4.62. The van der Waals surface area contributed by atoms with Crippen molar-refractivity contribution in [2.75, 3.05) is 0 Å². The summed E-state index contributed by atoms with van der Waals surface area (Å²) in [5.74, 6) is -2.92. The number of hydrogen-bond donors (Lipinski definition) is 1. The predicted molar refractivity (Wildman–Crippen MR) is 71.2 cm³/mol. The number of carbonyl (C=O) groups is 1. The number of halogens is 3. The number of aromatic nitrogens is 1. The lowest BCUT2D eigenvalue weighted by Gasteiger charge is -2.15. The Hall–Kier alpha value is -2.37. The molecular formula is C15H13F3N2O. The predicted octanol–water partition coefficient (Wildman–Crippen LogP) is 2.86. The van der Waals surface area contributed by atoms with Crippen LogP contribution in [0.1, 0.15) is 22.8 Å². The number of amides is 1. The fourth-order valence-corrected chi connectivity index (χ4v) is 1.94. The fourth-order valence-electron chi connectivity index (χ4n) is 1.94. The van der Waals surface area contributed by atoms with Crippen molar-refractivity contribution >= 4 is 5.91 Å². The third kappa shape index (κ3) is 3.59. The van der Waals surface area contributed by atoms with Gasteiger partial charge in [0.15, 0.2) is 0 Å². The lowest BCUT2D eigenvalue weighted by Crippen LogP contribution is -2.35. The molecule has 110 valence electrons. The molecule has 1 N–H and O–H groups in total. The zero-order valence-electron chi connectivity index (χ0n) is 11.2. The number of rotatable bonds is 4. The van der Waals surface area contributed by atoms with E-state index in [9.17, 15) is 18.0 Å². The third-order valence-corrected chi connectivity index (χ3v) is 2.95. The van der Waals surface area contributed by atoms with Crippen LogP contribution in [0.2, 0.25) is 0 Å². The van der Waals surface area contributed by atoms with Crippen LogP contribution in [-0.2, 0) is 6.42 Å². The lowest BCUT2D eigenvalue weighted by atomic mass is 10.1. The molecule has 0 bridgehead atoms. The van der Waals surface area contributed by atoms with Crippen molar-refractivity contribution in [3.63, 3.8) is 0 Å². The van der Waals surface area contributed by atoms with Crippen molar-refractivity contribution in [2.24, 2.45) is 0 Å². The van der Waals surface area contributed by atoms with Crippen LogP contribution in [0.5, 0.6) is 0 Å². The van der Waals surface area contributed by atoms with Crippen LogP contribution >= 0.6 is 0 Å². The highest BCUT2D eigenvalue weighted by Crippen LogP contribution is 2.14. The first kappa shape index (κ1) is 15.0. The van der Waals surface area contributed by atoms with Gasteiger partial charge in [0.25, 0.3) is 5.91 Å². The Morgan fingerprint density at radius 1 is 1.19 bits per heavy atom. The molecule has 1 atom stereocenters. The minimum Gasteiger partial charge on any atom is -0.349 e. The van der Waals surface area contributed by atoms with Gasteiger partial charge in [-0.25, -0.2) is 13.8 Å². The molecule has 0 aliphatic carbocycles. The summed E-state index contributed by atoms with van der Waals surface area (Å²) < 4.78 is 40.4. The molecule has 0 radical (unpaired) electrons. The normalized spacial score (nSPS) is 12.0. The molecule has 3 nitrogen and oxygen atoms in total. The summed E-state index contributed by atoms with van der Waals surface area (Å²) in [7, 11) is 0. The first-order valence-electron chi connectivity index (χ1n) is 6.33. The molecule has 1 heterocycles. The monoisotopic (exact) mass is 294 g/mol. The minimum absolute atomic E-state index is 0.0356. The molecule has 21 heavy (non-hydrogen) atoms. The summed E-state index contributed by atoms with van der Waals surface area (Å²) in [6.07, 6.45) is 1.19. The Kier molecular flexibility index (Phi) is 4.57. The van der Waals surface area contributed by atoms with E-state index in [2.05, 4.69) is 10.3 Å². The minimum atomic E-state index is -0.890. The smallest absolute Gasteiger partial charge is 0.256 e. The summed E-state index contributed by atoms with van der Waals surface area (Å²) in [4.78, 5) is 15.2. The molecule has 2 aromatic rings. The quantitative estimate of drug-likeness (QED) is 0.881. The molecule has 1 aromatic heterocycles. The van der Waals surface area contributed by atoms with Crippen molar-refractivity contribution in [3.8, 4) is 0 Å².